The molecule has 18 heavy (non-hydrogen) atoms. The Labute approximate surface area is 113 Å². The van der Waals surface area contributed by atoms with Crippen molar-refractivity contribution in [2.45, 2.75) is 32.6 Å². The van der Waals surface area contributed by atoms with Crippen LogP contribution in [0.3, 0.4) is 0 Å². The molecule has 1 saturated carbocycles. The lowest BCUT2D eigenvalue weighted by molar-refractivity contribution is 0.485. The Kier molecular flexibility index (Phi) is 3.85. The summed E-state index contributed by atoms with van der Waals surface area (Å²) in [5.74, 6) is -0.307. The highest BCUT2D eigenvalue weighted by Crippen LogP contribution is 2.49. The number of rotatable bonds is 6. The monoisotopic (exact) mass is 266 g/mol. The van der Waals surface area contributed by atoms with Gasteiger partial charge in [0.25, 0.3) is 0 Å². The molecular weight excluding hydrogens is 247 g/mol. The maximum absolute atomic E-state index is 13.2. The summed E-state index contributed by atoms with van der Waals surface area (Å²) in [5, 5.41) is 3.38. The molecule has 2 nitrogen and oxygen atoms in total. The van der Waals surface area contributed by atoms with Crippen LogP contribution in [0.4, 0.5) is 10.1 Å². The Morgan fingerprint density at radius 3 is 2.78 bits per heavy atom. The minimum atomic E-state index is -0.307. The maximum atomic E-state index is 13.2. The second kappa shape index (κ2) is 5.22. The number of thiocarbonyl (C=S) groups is 1. The molecular formula is C14H19FN2S. The number of halogens is 1. The van der Waals surface area contributed by atoms with Crippen molar-refractivity contribution in [3.8, 4) is 0 Å². The van der Waals surface area contributed by atoms with E-state index in [9.17, 15) is 4.39 Å². The lowest BCUT2D eigenvalue weighted by Crippen LogP contribution is -2.19. The Balaban J connectivity index is 2.07. The molecule has 2 rings (SSSR count). The van der Waals surface area contributed by atoms with Gasteiger partial charge in [0.15, 0.2) is 0 Å². The molecule has 1 aliphatic carbocycles. The summed E-state index contributed by atoms with van der Waals surface area (Å²) in [5.41, 5.74) is 7.50. The van der Waals surface area contributed by atoms with Gasteiger partial charge in [-0.25, -0.2) is 4.39 Å². The lowest BCUT2D eigenvalue weighted by atomic mass is 10.0. The molecule has 0 heterocycles. The second-order valence-corrected chi connectivity index (χ2v) is 5.60. The normalized spacial score (nSPS) is 16.3. The molecule has 0 amide bonds. The first kappa shape index (κ1) is 13.3. The minimum absolute atomic E-state index is 0.234. The second-order valence-electron chi connectivity index (χ2n) is 5.16. The van der Waals surface area contributed by atoms with Crippen LogP contribution in [-0.2, 0) is 0 Å². The summed E-state index contributed by atoms with van der Waals surface area (Å²) >= 11 is 4.95. The summed E-state index contributed by atoms with van der Waals surface area (Å²) in [6.45, 7) is 3.13. The van der Waals surface area contributed by atoms with Crippen LogP contribution in [-0.4, -0.2) is 11.5 Å². The zero-order valence-electron chi connectivity index (χ0n) is 10.6. The largest absolute Gasteiger partial charge is 0.389 e. The van der Waals surface area contributed by atoms with Crippen LogP contribution in [0.15, 0.2) is 18.2 Å². The SMILES string of the molecule is CCCC1(CNc2ccc(F)cc2C(N)=S)CC1. The van der Waals surface area contributed by atoms with E-state index in [-0.39, 0.29) is 10.8 Å². The molecule has 1 aromatic rings. The molecule has 1 fully saturated rings. The molecule has 0 radical (unpaired) electrons. The Morgan fingerprint density at radius 1 is 1.50 bits per heavy atom. The first-order valence-electron chi connectivity index (χ1n) is 6.39. The molecule has 3 N–H and O–H groups in total. The maximum Gasteiger partial charge on any atom is 0.124 e. The van der Waals surface area contributed by atoms with Gasteiger partial charge in [-0.05, 0) is 42.9 Å². The van der Waals surface area contributed by atoms with Crippen LogP contribution in [0.5, 0.6) is 0 Å². The van der Waals surface area contributed by atoms with Crippen molar-refractivity contribution >= 4 is 22.9 Å². The third kappa shape index (κ3) is 2.99. The van der Waals surface area contributed by atoms with Gasteiger partial charge in [0, 0.05) is 17.8 Å². The molecule has 0 spiro atoms. The first-order valence-corrected chi connectivity index (χ1v) is 6.80. The standard InChI is InChI=1S/C14H19FN2S/c1-2-5-14(6-7-14)9-17-12-4-3-10(15)8-11(12)13(16)18/h3-4,8,17H,2,5-7,9H2,1H3,(H2,16,18). The number of anilines is 1. The van der Waals surface area contributed by atoms with Gasteiger partial charge in [0.05, 0.1) is 0 Å². The average Bonchev–Trinajstić information content (AvgIpc) is 3.08. The Morgan fingerprint density at radius 2 is 2.22 bits per heavy atom. The quantitative estimate of drug-likeness (QED) is 0.774. The van der Waals surface area contributed by atoms with E-state index < -0.39 is 0 Å². The number of hydrogen-bond donors (Lipinski definition) is 2. The molecule has 0 bridgehead atoms. The van der Waals surface area contributed by atoms with Crippen molar-refractivity contribution in [3.63, 3.8) is 0 Å². The first-order chi connectivity index (χ1) is 8.56. The average molecular weight is 266 g/mol. The van der Waals surface area contributed by atoms with Crippen LogP contribution in [0.2, 0.25) is 0 Å². The van der Waals surface area contributed by atoms with Gasteiger partial charge in [-0.1, -0.05) is 25.6 Å². The van der Waals surface area contributed by atoms with Crippen molar-refractivity contribution in [2.24, 2.45) is 11.1 Å². The van der Waals surface area contributed by atoms with E-state index >= 15 is 0 Å². The van der Waals surface area contributed by atoms with Crippen molar-refractivity contribution < 1.29 is 4.39 Å². The third-order valence-electron chi connectivity index (χ3n) is 3.64. The zero-order valence-corrected chi connectivity index (χ0v) is 11.4. The predicted molar refractivity (Wildman–Crippen MR) is 77.4 cm³/mol. The Bertz CT molecular complexity index is 455. The Hall–Kier alpha value is -1.16. The molecule has 0 atom stereocenters. The molecule has 0 unspecified atom stereocenters. The molecule has 0 aliphatic heterocycles. The van der Waals surface area contributed by atoms with Gasteiger partial charge in [0.1, 0.15) is 10.8 Å². The highest BCUT2D eigenvalue weighted by atomic mass is 32.1. The summed E-state index contributed by atoms with van der Waals surface area (Å²) in [4.78, 5) is 0.234. The van der Waals surface area contributed by atoms with Gasteiger partial charge in [-0.15, -0.1) is 0 Å². The van der Waals surface area contributed by atoms with E-state index in [1.165, 1.54) is 37.8 Å². The van der Waals surface area contributed by atoms with E-state index in [4.69, 9.17) is 18.0 Å². The van der Waals surface area contributed by atoms with Crippen LogP contribution in [0.1, 0.15) is 38.2 Å². The fourth-order valence-electron chi connectivity index (χ4n) is 2.38. The smallest absolute Gasteiger partial charge is 0.124 e. The predicted octanol–water partition coefficient (Wildman–Crippen LogP) is 3.45. The fourth-order valence-corrected chi connectivity index (χ4v) is 2.55. The number of benzene rings is 1. The molecule has 1 aliphatic rings. The van der Waals surface area contributed by atoms with Crippen molar-refractivity contribution in [2.75, 3.05) is 11.9 Å². The van der Waals surface area contributed by atoms with E-state index in [0.717, 1.165) is 12.2 Å². The van der Waals surface area contributed by atoms with Gasteiger partial charge in [-0.3, -0.25) is 0 Å². The topological polar surface area (TPSA) is 38.0 Å². The van der Waals surface area contributed by atoms with Crippen LogP contribution < -0.4 is 11.1 Å². The van der Waals surface area contributed by atoms with Crippen molar-refractivity contribution in [1.29, 1.82) is 0 Å². The number of nitrogens with one attached hydrogen (secondary N) is 1. The summed E-state index contributed by atoms with van der Waals surface area (Å²) in [6, 6.07) is 4.54. The van der Waals surface area contributed by atoms with Crippen LogP contribution in [0, 0.1) is 11.2 Å². The van der Waals surface area contributed by atoms with E-state index in [1.807, 2.05) is 0 Å². The molecule has 4 heteroatoms. The molecule has 0 aromatic heterocycles. The summed E-state index contributed by atoms with van der Waals surface area (Å²) in [7, 11) is 0. The molecule has 1 aromatic carbocycles. The fraction of sp³-hybridized carbons (Fsp3) is 0.500. The summed E-state index contributed by atoms with van der Waals surface area (Å²) in [6.07, 6.45) is 4.99. The van der Waals surface area contributed by atoms with Gasteiger partial charge < -0.3 is 11.1 Å². The van der Waals surface area contributed by atoms with E-state index in [0.29, 0.717) is 11.0 Å². The third-order valence-corrected chi connectivity index (χ3v) is 3.86. The minimum Gasteiger partial charge on any atom is -0.389 e. The number of nitrogens with two attached hydrogens (primary N) is 1. The highest BCUT2D eigenvalue weighted by Gasteiger charge is 2.41. The highest BCUT2D eigenvalue weighted by molar-refractivity contribution is 7.80. The van der Waals surface area contributed by atoms with E-state index in [2.05, 4.69) is 12.2 Å². The van der Waals surface area contributed by atoms with Gasteiger partial charge in [0.2, 0.25) is 0 Å². The van der Waals surface area contributed by atoms with Crippen molar-refractivity contribution in [1.82, 2.24) is 0 Å². The molecule has 0 saturated heterocycles. The molecule has 98 valence electrons. The zero-order chi connectivity index (χ0) is 13.2. The number of hydrogen-bond acceptors (Lipinski definition) is 2. The van der Waals surface area contributed by atoms with Crippen LogP contribution in [0.25, 0.3) is 0 Å². The van der Waals surface area contributed by atoms with Gasteiger partial charge >= 0.3 is 0 Å². The van der Waals surface area contributed by atoms with Crippen molar-refractivity contribution in [3.05, 3.63) is 29.6 Å². The lowest BCUT2D eigenvalue weighted by Gasteiger charge is -2.17. The van der Waals surface area contributed by atoms with Gasteiger partial charge in [-0.2, -0.15) is 0 Å². The van der Waals surface area contributed by atoms with Crippen LogP contribution >= 0.6 is 12.2 Å². The summed E-state index contributed by atoms with van der Waals surface area (Å²) < 4.78 is 13.2. The van der Waals surface area contributed by atoms with E-state index in [1.54, 1.807) is 6.07 Å².